The lowest BCUT2D eigenvalue weighted by atomic mass is 10.2. The lowest BCUT2D eigenvalue weighted by molar-refractivity contribution is 0.317. The molecule has 5 nitrogen and oxygen atoms in total. The second-order valence-electron chi connectivity index (χ2n) is 3.30. The van der Waals surface area contributed by atoms with Gasteiger partial charge in [-0.05, 0) is 24.6 Å². The van der Waals surface area contributed by atoms with Gasteiger partial charge in [0.25, 0.3) is 0 Å². The van der Waals surface area contributed by atoms with Crippen LogP contribution < -0.4 is 16.2 Å². The van der Waals surface area contributed by atoms with Crippen molar-refractivity contribution in [2.24, 2.45) is 21.7 Å². The van der Waals surface area contributed by atoms with Gasteiger partial charge in [-0.2, -0.15) is 5.10 Å². The van der Waals surface area contributed by atoms with Crippen LogP contribution >= 0.6 is 15.9 Å². The van der Waals surface area contributed by atoms with Crippen LogP contribution in [0.15, 0.2) is 32.9 Å². The van der Waals surface area contributed by atoms with E-state index in [4.69, 9.17) is 16.2 Å². The molecule has 0 amide bonds. The number of ether oxygens (including phenoxy) is 1. The van der Waals surface area contributed by atoms with Crippen LogP contribution in [0, 0.1) is 0 Å². The average Bonchev–Trinajstić information content (AvgIpc) is 2.28. The van der Waals surface area contributed by atoms with E-state index in [1.807, 2.05) is 25.1 Å². The molecule has 17 heavy (non-hydrogen) atoms. The molecule has 1 rings (SSSR count). The Balaban J connectivity index is 2.89. The minimum Gasteiger partial charge on any atom is -0.493 e. The molecule has 0 saturated carbocycles. The summed E-state index contributed by atoms with van der Waals surface area (Å²) in [6.07, 6.45) is 2.49. The predicted molar refractivity (Wildman–Crippen MR) is 73.3 cm³/mol. The van der Waals surface area contributed by atoms with Gasteiger partial charge in [-0.25, -0.2) is 0 Å². The average molecular weight is 299 g/mol. The monoisotopic (exact) mass is 298 g/mol. The van der Waals surface area contributed by atoms with Gasteiger partial charge >= 0.3 is 0 Å². The van der Waals surface area contributed by atoms with Crippen LogP contribution in [0.3, 0.4) is 0 Å². The second-order valence-corrected chi connectivity index (χ2v) is 4.22. The maximum Gasteiger partial charge on any atom is 0.211 e. The Hall–Kier alpha value is -1.56. The first-order chi connectivity index (χ1) is 8.13. The highest BCUT2D eigenvalue weighted by atomic mass is 79.9. The molecule has 0 bridgehead atoms. The molecule has 0 aromatic heterocycles. The fraction of sp³-hybridized carbons (Fsp3) is 0.273. The Morgan fingerprint density at radius 3 is 2.88 bits per heavy atom. The van der Waals surface area contributed by atoms with Gasteiger partial charge in [0.2, 0.25) is 5.96 Å². The zero-order chi connectivity index (χ0) is 12.7. The van der Waals surface area contributed by atoms with Crippen molar-refractivity contribution in [2.75, 3.05) is 6.61 Å². The van der Waals surface area contributed by atoms with E-state index in [0.717, 1.165) is 22.2 Å². The minimum absolute atomic E-state index is 0.0746. The molecule has 0 spiro atoms. The fourth-order valence-corrected chi connectivity index (χ4v) is 1.45. The molecule has 0 heterocycles. The third-order valence-corrected chi connectivity index (χ3v) is 2.30. The highest BCUT2D eigenvalue weighted by molar-refractivity contribution is 9.10. The van der Waals surface area contributed by atoms with Crippen molar-refractivity contribution in [1.29, 1.82) is 0 Å². The number of nitrogens with zero attached hydrogens (tertiary/aromatic N) is 2. The van der Waals surface area contributed by atoms with Crippen LogP contribution in [0.25, 0.3) is 0 Å². The van der Waals surface area contributed by atoms with Crippen LogP contribution in [0.1, 0.15) is 18.9 Å². The molecular formula is C11H15BrN4O. The van der Waals surface area contributed by atoms with Crippen molar-refractivity contribution in [2.45, 2.75) is 13.3 Å². The molecule has 0 fully saturated rings. The van der Waals surface area contributed by atoms with Crippen LogP contribution in [-0.4, -0.2) is 18.8 Å². The van der Waals surface area contributed by atoms with Crippen molar-refractivity contribution in [3.63, 3.8) is 0 Å². The molecule has 0 aliphatic carbocycles. The lowest BCUT2D eigenvalue weighted by Gasteiger charge is -2.07. The summed E-state index contributed by atoms with van der Waals surface area (Å²) in [5, 5.41) is 7.30. The fourth-order valence-electron chi connectivity index (χ4n) is 1.11. The van der Waals surface area contributed by atoms with Crippen LogP contribution in [0.5, 0.6) is 5.75 Å². The lowest BCUT2D eigenvalue weighted by Crippen LogP contribution is -2.21. The molecule has 6 heteroatoms. The Kier molecular flexibility index (Phi) is 5.48. The van der Waals surface area contributed by atoms with Crippen LogP contribution in [0.4, 0.5) is 0 Å². The number of guanidine groups is 1. The molecular weight excluding hydrogens is 284 g/mol. The molecule has 1 aromatic rings. The smallest absolute Gasteiger partial charge is 0.211 e. The Bertz CT molecular complexity index is 427. The number of benzene rings is 1. The van der Waals surface area contributed by atoms with Gasteiger partial charge in [0, 0.05) is 10.0 Å². The van der Waals surface area contributed by atoms with Gasteiger partial charge in [-0.1, -0.05) is 22.9 Å². The van der Waals surface area contributed by atoms with Gasteiger partial charge in [-0.15, -0.1) is 5.10 Å². The van der Waals surface area contributed by atoms with E-state index < -0.39 is 0 Å². The summed E-state index contributed by atoms with van der Waals surface area (Å²) in [6.45, 7) is 2.70. The molecule has 0 aliphatic heterocycles. The number of rotatable bonds is 5. The largest absolute Gasteiger partial charge is 0.493 e. The highest BCUT2D eigenvalue weighted by Gasteiger charge is 2.02. The van der Waals surface area contributed by atoms with E-state index in [2.05, 4.69) is 26.1 Å². The molecule has 0 aliphatic rings. The highest BCUT2D eigenvalue weighted by Crippen LogP contribution is 2.22. The molecule has 0 radical (unpaired) electrons. The number of halogens is 1. The van der Waals surface area contributed by atoms with Crippen molar-refractivity contribution >= 4 is 28.1 Å². The second kappa shape index (κ2) is 6.90. The van der Waals surface area contributed by atoms with Gasteiger partial charge in [0.1, 0.15) is 5.75 Å². The maximum atomic E-state index is 5.59. The zero-order valence-corrected chi connectivity index (χ0v) is 11.1. The van der Waals surface area contributed by atoms with Crippen molar-refractivity contribution < 1.29 is 4.74 Å². The molecule has 0 atom stereocenters. The van der Waals surface area contributed by atoms with Crippen molar-refractivity contribution in [3.05, 3.63) is 28.2 Å². The summed E-state index contributed by atoms with van der Waals surface area (Å²) >= 11 is 3.39. The van der Waals surface area contributed by atoms with Crippen LogP contribution in [-0.2, 0) is 0 Å². The number of hydrogen-bond donors (Lipinski definition) is 2. The SMILES string of the molecule is CCCOc1cc(Br)ccc1C=NN=C(N)N. The topological polar surface area (TPSA) is 86.0 Å². The van der Waals surface area contributed by atoms with Gasteiger partial charge in [-0.3, -0.25) is 0 Å². The van der Waals surface area contributed by atoms with E-state index >= 15 is 0 Å². The summed E-state index contributed by atoms with van der Waals surface area (Å²) in [6, 6.07) is 5.66. The molecule has 92 valence electrons. The van der Waals surface area contributed by atoms with Gasteiger partial charge in [0.15, 0.2) is 0 Å². The van der Waals surface area contributed by atoms with Gasteiger partial charge in [0.05, 0.1) is 12.8 Å². The first-order valence-electron chi connectivity index (χ1n) is 5.17. The third kappa shape index (κ3) is 4.86. The summed E-state index contributed by atoms with van der Waals surface area (Å²) in [4.78, 5) is 0. The maximum absolute atomic E-state index is 5.59. The standard InChI is InChI=1S/C11H15BrN4O/c1-2-5-17-10-6-9(12)4-3-8(10)7-15-16-11(13)14/h3-4,6-7H,2,5H2,1H3,(H4,13,14,16). The zero-order valence-electron chi connectivity index (χ0n) is 9.56. The Morgan fingerprint density at radius 1 is 1.47 bits per heavy atom. The number of nitrogens with two attached hydrogens (primary N) is 2. The molecule has 1 aromatic carbocycles. The van der Waals surface area contributed by atoms with Crippen molar-refractivity contribution in [3.8, 4) is 5.75 Å². The van der Waals surface area contributed by atoms with Crippen molar-refractivity contribution in [1.82, 2.24) is 0 Å². The third-order valence-electron chi connectivity index (χ3n) is 1.81. The molecule has 0 saturated heterocycles. The van der Waals surface area contributed by atoms with E-state index in [1.165, 1.54) is 0 Å². The summed E-state index contributed by atoms with van der Waals surface area (Å²) in [5.41, 5.74) is 11.2. The van der Waals surface area contributed by atoms with Gasteiger partial charge < -0.3 is 16.2 Å². The van der Waals surface area contributed by atoms with E-state index in [0.29, 0.717) is 6.61 Å². The minimum atomic E-state index is -0.0746. The first kappa shape index (κ1) is 13.5. The quantitative estimate of drug-likeness (QED) is 0.494. The normalized spacial score (nSPS) is 10.5. The van der Waals surface area contributed by atoms with E-state index in [9.17, 15) is 0 Å². The first-order valence-corrected chi connectivity index (χ1v) is 5.97. The van der Waals surface area contributed by atoms with Crippen LogP contribution in [0.2, 0.25) is 0 Å². The van der Waals surface area contributed by atoms with E-state index in [-0.39, 0.29) is 5.96 Å². The molecule has 0 unspecified atom stereocenters. The van der Waals surface area contributed by atoms with E-state index in [1.54, 1.807) is 6.21 Å². The Labute approximate surface area is 109 Å². The predicted octanol–water partition coefficient (Wildman–Crippen LogP) is 1.85. The molecule has 4 N–H and O–H groups in total. The Morgan fingerprint density at radius 2 is 2.24 bits per heavy atom. The summed E-state index contributed by atoms with van der Waals surface area (Å²) in [7, 11) is 0. The summed E-state index contributed by atoms with van der Waals surface area (Å²) < 4.78 is 6.54. The summed E-state index contributed by atoms with van der Waals surface area (Å²) in [5.74, 6) is 0.671. The number of hydrogen-bond acceptors (Lipinski definition) is 3.